The van der Waals surface area contributed by atoms with Crippen LogP contribution >= 0.6 is 0 Å². The Morgan fingerprint density at radius 3 is 2.27 bits per heavy atom. The van der Waals surface area contributed by atoms with Crippen molar-refractivity contribution in [2.45, 2.75) is 51.6 Å². The Bertz CT molecular complexity index is 1250. The van der Waals surface area contributed by atoms with Crippen LogP contribution in [-0.2, 0) is 0 Å². The molecule has 0 radical (unpaired) electrons. The number of nitrogens with zero attached hydrogens (tertiary/aromatic N) is 1. The van der Waals surface area contributed by atoms with E-state index >= 15 is 0 Å². The van der Waals surface area contributed by atoms with Crippen LogP contribution in [0.1, 0.15) is 45.4 Å². The SMILES string of the molecule is C=C/C=C(\C=C/C)C1Nc2c(c3c(c4c2=CCCC=4)=CCCC=3)N1C1=CCCC=C1. The molecular weight excluding hydrogens is 364 g/mol. The van der Waals surface area contributed by atoms with Crippen molar-refractivity contribution in [2.75, 3.05) is 10.2 Å². The normalized spacial score (nSPS) is 21.9. The summed E-state index contributed by atoms with van der Waals surface area (Å²) in [6.07, 6.45) is 31.9. The number of nitrogens with one attached hydrogen (secondary N) is 1. The number of fused-ring (bicyclic) bond motifs is 6. The summed E-state index contributed by atoms with van der Waals surface area (Å²) in [4.78, 5) is 2.53. The summed E-state index contributed by atoms with van der Waals surface area (Å²) in [5, 5.41) is 9.56. The Hall–Kier alpha value is -3.00. The highest BCUT2D eigenvalue weighted by Crippen LogP contribution is 2.36. The molecule has 1 aromatic rings. The fraction of sp³-hybridized carbons (Fsp3) is 0.286. The minimum atomic E-state index is 0.0597. The minimum absolute atomic E-state index is 0.0597. The van der Waals surface area contributed by atoms with E-state index in [1.807, 2.05) is 6.08 Å². The monoisotopic (exact) mass is 394 g/mol. The molecule has 1 atom stereocenters. The molecule has 1 unspecified atom stereocenters. The molecule has 5 rings (SSSR count). The highest BCUT2D eigenvalue weighted by molar-refractivity contribution is 5.84. The van der Waals surface area contributed by atoms with Crippen LogP contribution in [0.5, 0.6) is 0 Å². The Morgan fingerprint density at radius 1 is 0.933 bits per heavy atom. The number of hydrogen-bond acceptors (Lipinski definition) is 2. The molecule has 1 aromatic carbocycles. The van der Waals surface area contributed by atoms with Crippen LogP contribution in [0.2, 0.25) is 0 Å². The van der Waals surface area contributed by atoms with E-state index in [9.17, 15) is 0 Å². The van der Waals surface area contributed by atoms with Gasteiger partial charge in [-0.2, -0.15) is 0 Å². The summed E-state index contributed by atoms with van der Waals surface area (Å²) in [6, 6.07) is 0. The standard InChI is InChI=1S/C28H30N2/c1-3-12-20(13-4-2)28-29-26-24-18-10-8-16-22(24)23-17-9-11-19-25(23)27(26)30(28)21-14-6-5-7-15-21/h3-4,6,12-19,28-29H,1,5,7-11H2,2H3/b13-4-,20-12+. The molecule has 1 N–H and O–H groups in total. The van der Waals surface area contributed by atoms with Crippen LogP contribution < -0.4 is 31.1 Å². The summed E-state index contributed by atoms with van der Waals surface area (Å²) >= 11 is 0. The van der Waals surface area contributed by atoms with E-state index in [4.69, 9.17) is 0 Å². The van der Waals surface area contributed by atoms with Crippen molar-refractivity contribution < 1.29 is 0 Å². The molecule has 0 fully saturated rings. The van der Waals surface area contributed by atoms with Gasteiger partial charge in [-0.05, 0) is 67.5 Å². The van der Waals surface area contributed by atoms with Crippen molar-refractivity contribution in [3.63, 3.8) is 0 Å². The Morgan fingerprint density at radius 2 is 1.60 bits per heavy atom. The third-order valence-electron chi connectivity index (χ3n) is 6.38. The summed E-state index contributed by atoms with van der Waals surface area (Å²) in [5.41, 5.74) is 5.15. The van der Waals surface area contributed by atoms with Gasteiger partial charge in [0.25, 0.3) is 0 Å². The van der Waals surface area contributed by atoms with Crippen molar-refractivity contribution in [2.24, 2.45) is 0 Å². The maximum Gasteiger partial charge on any atom is 0.130 e. The molecular formula is C28H30N2. The van der Waals surface area contributed by atoms with Crippen LogP contribution in [0.3, 0.4) is 0 Å². The zero-order valence-corrected chi connectivity index (χ0v) is 17.8. The molecule has 4 aliphatic rings. The molecule has 3 aliphatic carbocycles. The lowest BCUT2D eigenvalue weighted by Gasteiger charge is -2.30. The van der Waals surface area contributed by atoms with Crippen LogP contribution in [0.15, 0.2) is 60.4 Å². The highest BCUT2D eigenvalue weighted by atomic mass is 15.3. The van der Waals surface area contributed by atoms with Crippen molar-refractivity contribution in [3.05, 3.63) is 81.3 Å². The first kappa shape index (κ1) is 19.0. The molecule has 0 spiro atoms. The van der Waals surface area contributed by atoms with Gasteiger partial charge in [-0.3, -0.25) is 0 Å². The first-order valence-corrected chi connectivity index (χ1v) is 11.3. The Labute approximate surface area is 179 Å². The number of rotatable bonds is 4. The van der Waals surface area contributed by atoms with E-state index in [2.05, 4.69) is 84.5 Å². The maximum absolute atomic E-state index is 3.97. The van der Waals surface area contributed by atoms with E-state index in [1.165, 1.54) is 43.5 Å². The lowest BCUT2D eigenvalue weighted by Crippen LogP contribution is -2.51. The summed E-state index contributed by atoms with van der Waals surface area (Å²) in [5.74, 6) is 0. The van der Waals surface area contributed by atoms with E-state index in [0.717, 1.165) is 38.5 Å². The first-order valence-electron chi connectivity index (χ1n) is 11.3. The Kier molecular flexibility index (Phi) is 5.08. The minimum Gasteiger partial charge on any atom is -0.359 e. The predicted octanol–water partition coefficient (Wildman–Crippen LogP) is 3.88. The van der Waals surface area contributed by atoms with Crippen molar-refractivity contribution in [1.29, 1.82) is 0 Å². The smallest absolute Gasteiger partial charge is 0.130 e. The third-order valence-corrected chi connectivity index (χ3v) is 6.38. The van der Waals surface area contributed by atoms with Crippen LogP contribution in [0.4, 0.5) is 11.4 Å². The fourth-order valence-corrected chi connectivity index (χ4v) is 5.17. The Balaban J connectivity index is 1.85. The molecule has 0 aromatic heterocycles. The molecule has 1 heterocycles. The largest absolute Gasteiger partial charge is 0.359 e. The molecule has 0 saturated heterocycles. The second-order valence-corrected chi connectivity index (χ2v) is 8.28. The van der Waals surface area contributed by atoms with Gasteiger partial charge in [0.05, 0.1) is 11.4 Å². The zero-order chi connectivity index (χ0) is 20.5. The molecule has 0 amide bonds. The zero-order valence-electron chi connectivity index (χ0n) is 17.8. The van der Waals surface area contributed by atoms with Gasteiger partial charge < -0.3 is 10.2 Å². The third kappa shape index (κ3) is 3.02. The van der Waals surface area contributed by atoms with Crippen molar-refractivity contribution in [1.82, 2.24) is 0 Å². The van der Waals surface area contributed by atoms with E-state index in [1.54, 1.807) is 0 Å². The van der Waals surface area contributed by atoms with Gasteiger partial charge in [-0.15, -0.1) is 0 Å². The number of allylic oxidation sites excluding steroid dienone is 6. The fourth-order valence-electron chi connectivity index (χ4n) is 5.17. The predicted molar refractivity (Wildman–Crippen MR) is 131 cm³/mol. The van der Waals surface area contributed by atoms with Gasteiger partial charge in [-0.1, -0.05) is 67.3 Å². The van der Waals surface area contributed by atoms with Crippen LogP contribution in [0, 0.1) is 0 Å². The first-order chi connectivity index (χ1) is 14.8. The van der Waals surface area contributed by atoms with Gasteiger partial charge in [0.2, 0.25) is 0 Å². The van der Waals surface area contributed by atoms with Crippen LogP contribution in [0.25, 0.3) is 24.3 Å². The van der Waals surface area contributed by atoms with Gasteiger partial charge >= 0.3 is 0 Å². The summed E-state index contributed by atoms with van der Waals surface area (Å²) < 4.78 is 0. The number of anilines is 2. The van der Waals surface area contributed by atoms with E-state index in [0.29, 0.717) is 0 Å². The van der Waals surface area contributed by atoms with E-state index < -0.39 is 0 Å². The van der Waals surface area contributed by atoms with E-state index in [-0.39, 0.29) is 6.17 Å². The average Bonchev–Trinajstić information content (AvgIpc) is 3.21. The summed E-state index contributed by atoms with van der Waals surface area (Å²) in [6.45, 7) is 6.06. The van der Waals surface area contributed by atoms with Gasteiger partial charge in [-0.25, -0.2) is 0 Å². The van der Waals surface area contributed by atoms with Gasteiger partial charge in [0.1, 0.15) is 6.17 Å². The van der Waals surface area contributed by atoms with Crippen molar-refractivity contribution >= 4 is 35.7 Å². The van der Waals surface area contributed by atoms with Crippen molar-refractivity contribution in [3.8, 4) is 0 Å². The number of hydrogen-bond donors (Lipinski definition) is 1. The van der Waals surface area contributed by atoms with Crippen LogP contribution in [-0.4, -0.2) is 6.17 Å². The second-order valence-electron chi connectivity index (χ2n) is 8.28. The molecule has 2 heteroatoms. The quantitative estimate of drug-likeness (QED) is 0.780. The molecule has 0 bridgehead atoms. The highest BCUT2D eigenvalue weighted by Gasteiger charge is 2.34. The lowest BCUT2D eigenvalue weighted by molar-refractivity contribution is 0.839. The van der Waals surface area contributed by atoms with Gasteiger partial charge in [0.15, 0.2) is 0 Å². The lowest BCUT2D eigenvalue weighted by atomic mass is 9.97. The summed E-state index contributed by atoms with van der Waals surface area (Å²) in [7, 11) is 0. The maximum atomic E-state index is 3.97. The van der Waals surface area contributed by atoms with Gasteiger partial charge in [0, 0.05) is 16.1 Å². The molecule has 0 saturated carbocycles. The topological polar surface area (TPSA) is 15.3 Å². The molecule has 1 aliphatic heterocycles. The average molecular weight is 395 g/mol. The molecule has 152 valence electrons. The molecule has 2 nitrogen and oxygen atoms in total. The number of benzene rings is 1. The molecule has 30 heavy (non-hydrogen) atoms. The second kappa shape index (κ2) is 8.02.